The Balaban J connectivity index is 1.57. The van der Waals surface area contributed by atoms with Crippen molar-refractivity contribution in [1.29, 1.82) is 0 Å². The van der Waals surface area contributed by atoms with Gasteiger partial charge in [0.1, 0.15) is 18.8 Å². The summed E-state index contributed by atoms with van der Waals surface area (Å²) in [4.78, 5) is 50.3. The highest BCUT2D eigenvalue weighted by atomic mass is 19.1. The summed E-state index contributed by atoms with van der Waals surface area (Å²) in [7, 11) is 0. The lowest BCUT2D eigenvalue weighted by molar-refractivity contribution is -0.140. The standard InChI is InChI=1S/C24H23FN4O5/c1-2-19(23(33)27-18(10-22(31)32)21(30)11-25)28-13-15-7-6-14(9-16(15)24(28)34)17-12-26-29-8-4-3-5-20(17)29/h3-9,12,18-19H,2,10-11,13H2,1H3,(H,27,33)(H,31,32). The number of Topliss-reactive ketones (excluding diaryl/α,β-unsaturated/α-hetero) is 1. The second-order valence-corrected chi connectivity index (χ2v) is 8.08. The summed E-state index contributed by atoms with van der Waals surface area (Å²) in [5.74, 6) is -3.41. The van der Waals surface area contributed by atoms with E-state index in [1.807, 2.05) is 36.5 Å². The highest BCUT2D eigenvalue weighted by Crippen LogP contribution is 2.32. The van der Waals surface area contributed by atoms with Gasteiger partial charge >= 0.3 is 5.97 Å². The molecular formula is C24H23FN4O5. The molecule has 2 unspecified atom stereocenters. The number of halogens is 1. The molecule has 0 aliphatic carbocycles. The fraction of sp³-hybridized carbons (Fsp3) is 0.292. The van der Waals surface area contributed by atoms with Crippen LogP contribution in [0.5, 0.6) is 0 Å². The first kappa shape index (κ1) is 23.1. The number of fused-ring (bicyclic) bond motifs is 2. The molecule has 0 fully saturated rings. The van der Waals surface area contributed by atoms with E-state index in [9.17, 15) is 23.6 Å². The molecule has 34 heavy (non-hydrogen) atoms. The van der Waals surface area contributed by atoms with Gasteiger partial charge in [-0.2, -0.15) is 5.10 Å². The molecule has 2 atom stereocenters. The van der Waals surface area contributed by atoms with Crippen molar-refractivity contribution in [2.45, 2.75) is 38.4 Å². The Kier molecular flexibility index (Phi) is 6.40. The van der Waals surface area contributed by atoms with E-state index >= 15 is 0 Å². The Morgan fingerprint density at radius 2 is 2.00 bits per heavy atom. The van der Waals surface area contributed by atoms with E-state index in [0.29, 0.717) is 5.56 Å². The molecule has 2 aromatic heterocycles. The number of hydrogen-bond acceptors (Lipinski definition) is 5. The summed E-state index contributed by atoms with van der Waals surface area (Å²) < 4.78 is 14.6. The molecule has 0 saturated heterocycles. The first-order chi connectivity index (χ1) is 16.3. The van der Waals surface area contributed by atoms with Gasteiger partial charge in [0.15, 0.2) is 5.78 Å². The Morgan fingerprint density at radius 1 is 1.21 bits per heavy atom. The average Bonchev–Trinajstić information content (AvgIpc) is 3.39. The number of carboxylic acids is 1. The number of benzene rings is 1. The van der Waals surface area contributed by atoms with Gasteiger partial charge in [-0.15, -0.1) is 0 Å². The quantitative estimate of drug-likeness (QED) is 0.499. The predicted octanol–water partition coefficient (Wildman–Crippen LogP) is 2.23. The third-order valence-electron chi connectivity index (χ3n) is 5.96. The topological polar surface area (TPSA) is 121 Å². The number of aromatic nitrogens is 2. The minimum absolute atomic E-state index is 0.190. The number of carboxylic acid groups (broad SMARTS) is 1. The highest BCUT2D eigenvalue weighted by molar-refractivity contribution is 6.03. The Hall–Kier alpha value is -4.08. The van der Waals surface area contributed by atoms with Gasteiger partial charge in [0.05, 0.1) is 18.1 Å². The number of nitrogens with zero attached hydrogens (tertiary/aromatic N) is 3. The van der Waals surface area contributed by atoms with Gasteiger partial charge < -0.3 is 15.3 Å². The fourth-order valence-electron chi connectivity index (χ4n) is 4.23. The molecule has 10 heteroatoms. The van der Waals surface area contributed by atoms with Gasteiger partial charge in [0, 0.05) is 23.9 Å². The summed E-state index contributed by atoms with van der Waals surface area (Å²) in [5, 5.41) is 15.6. The van der Waals surface area contributed by atoms with E-state index in [4.69, 9.17) is 5.11 Å². The summed E-state index contributed by atoms with van der Waals surface area (Å²) in [6.07, 6.45) is 3.05. The zero-order chi connectivity index (χ0) is 24.4. The Bertz CT molecular complexity index is 1290. The van der Waals surface area contributed by atoms with Crippen LogP contribution in [0, 0.1) is 0 Å². The number of carbonyl (C=O) groups excluding carboxylic acids is 3. The zero-order valence-electron chi connectivity index (χ0n) is 18.4. The van der Waals surface area contributed by atoms with Crippen LogP contribution in [0.2, 0.25) is 0 Å². The van der Waals surface area contributed by atoms with Gasteiger partial charge in [-0.05, 0) is 35.7 Å². The van der Waals surface area contributed by atoms with Crippen LogP contribution >= 0.6 is 0 Å². The second-order valence-electron chi connectivity index (χ2n) is 8.08. The van der Waals surface area contributed by atoms with Crippen molar-refractivity contribution < 1.29 is 28.7 Å². The van der Waals surface area contributed by atoms with Crippen LogP contribution in [-0.2, 0) is 20.9 Å². The Morgan fingerprint density at radius 3 is 2.71 bits per heavy atom. The van der Waals surface area contributed by atoms with Crippen LogP contribution in [0.3, 0.4) is 0 Å². The van der Waals surface area contributed by atoms with Crippen molar-refractivity contribution in [3.63, 3.8) is 0 Å². The summed E-state index contributed by atoms with van der Waals surface area (Å²) in [6, 6.07) is 8.75. The van der Waals surface area contributed by atoms with Gasteiger partial charge in [0.2, 0.25) is 5.91 Å². The van der Waals surface area contributed by atoms with Crippen molar-refractivity contribution in [2.24, 2.45) is 0 Å². The van der Waals surface area contributed by atoms with Crippen LogP contribution < -0.4 is 5.32 Å². The maximum absolute atomic E-state index is 13.2. The maximum atomic E-state index is 13.2. The molecule has 0 radical (unpaired) electrons. The van der Waals surface area contributed by atoms with Crippen LogP contribution in [0.25, 0.3) is 16.6 Å². The SMILES string of the molecule is CCC(C(=O)NC(CC(=O)O)C(=O)CF)N1Cc2ccc(-c3cnn4ccccc34)cc2C1=O. The fourth-order valence-corrected chi connectivity index (χ4v) is 4.23. The van der Waals surface area contributed by atoms with Crippen molar-refractivity contribution in [3.05, 3.63) is 59.9 Å². The van der Waals surface area contributed by atoms with Gasteiger partial charge in [-0.25, -0.2) is 8.91 Å². The van der Waals surface area contributed by atoms with E-state index in [1.165, 1.54) is 4.90 Å². The van der Waals surface area contributed by atoms with E-state index in [-0.39, 0.29) is 18.9 Å². The van der Waals surface area contributed by atoms with E-state index in [2.05, 4.69) is 10.4 Å². The molecule has 3 aromatic rings. The van der Waals surface area contributed by atoms with Crippen LogP contribution in [0.1, 0.15) is 35.7 Å². The molecule has 9 nitrogen and oxygen atoms in total. The van der Waals surface area contributed by atoms with Crippen LogP contribution in [0.4, 0.5) is 4.39 Å². The third kappa shape index (κ3) is 4.26. The minimum atomic E-state index is -1.49. The molecule has 2 N–H and O–H groups in total. The monoisotopic (exact) mass is 466 g/mol. The lowest BCUT2D eigenvalue weighted by atomic mass is 10.0. The number of rotatable bonds is 9. The highest BCUT2D eigenvalue weighted by Gasteiger charge is 2.37. The summed E-state index contributed by atoms with van der Waals surface area (Å²) >= 11 is 0. The largest absolute Gasteiger partial charge is 0.481 e. The molecule has 4 rings (SSSR count). The van der Waals surface area contributed by atoms with E-state index < -0.39 is 42.8 Å². The number of aliphatic carboxylic acids is 1. The molecule has 176 valence electrons. The average molecular weight is 466 g/mol. The number of nitrogens with one attached hydrogen (secondary N) is 1. The molecule has 1 aliphatic heterocycles. The molecule has 3 heterocycles. The molecule has 0 saturated carbocycles. The normalized spacial score (nSPS) is 14.6. The number of pyridine rings is 1. The zero-order valence-corrected chi connectivity index (χ0v) is 18.4. The van der Waals surface area contributed by atoms with Crippen molar-refractivity contribution >= 4 is 29.1 Å². The molecule has 1 aliphatic rings. The number of carbonyl (C=O) groups is 4. The van der Waals surface area contributed by atoms with E-state index in [0.717, 1.165) is 22.2 Å². The maximum Gasteiger partial charge on any atom is 0.305 e. The second kappa shape index (κ2) is 9.42. The number of hydrogen-bond donors (Lipinski definition) is 2. The lowest BCUT2D eigenvalue weighted by Crippen LogP contribution is -2.52. The summed E-state index contributed by atoms with van der Waals surface area (Å²) in [6.45, 7) is 0.499. The predicted molar refractivity (Wildman–Crippen MR) is 120 cm³/mol. The summed E-state index contributed by atoms with van der Waals surface area (Å²) in [5.41, 5.74) is 3.76. The van der Waals surface area contributed by atoms with Crippen LogP contribution in [-0.4, -0.2) is 61.9 Å². The van der Waals surface area contributed by atoms with Crippen molar-refractivity contribution in [1.82, 2.24) is 19.8 Å². The van der Waals surface area contributed by atoms with E-state index in [1.54, 1.807) is 23.7 Å². The smallest absolute Gasteiger partial charge is 0.305 e. The molecule has 1 aromatic carbocycles. The number of alkyl halides is 1. The lowest BCUT2D eigenvalue weighted by Gasteiger charge is -2.27. The van der Waals surface area contributed by atoms with Crippen LogP contribution in [0.15, 0.2) is 48.8 Å². The molecule has 2 amide bonds. The molecule has 0 spiro atoms. The Labute approximate surface area is 194 Å². The first-order valence-corrected chi connectivity index (χ1v) is 10.8. The van der Waals surface area contributed by atoms with Gasteiger partial charge in [-0.1, -0.05) is 25.1 Å². The minimum Gasteiger partial charge on any atom is -0.481 e. The van der Waals surface area contributed by atoms with Gasteiger partial charge in [-0.3, -0.25) is 19.2 Å². The number of ketones is 1. The number of amides is 2. The molecule has 0 bridgehead atoms. The van der Waals surface area contributed by atoms with Crippen molar-refractivity contribution in [3.8, 4) is 11.1 Å². The first-order valence-electron chi connectivity index (χ1n) is 10.8. The van der Waals surface area contributed by atoms with Gasteiger partial charge in [0.25, 0.3) is 5.91 Å². The van der Waals surface area contributed by atoms with Crippen molar-refractivity contribution in [2.75, 3.05) is 6.67 Å². The molecular weight excluding hydrogens is 443 g/mol. The third-order valence-corrected chi connectivity index (χ3v) is 5.96.